The zero-order valence-electron chi connectivity index (χ0n) is 9.66. The monoisotopic (exact) mass is 289 g/mol. The Labute approximate surface area is 104 Å². The van der Waals surface area contributed by atoms with E-state index in [1.807, 2.05) is 13.8 Å². The number of ether oxygens (including phenoxy) is 2. The van der Waals surface area contributed by atoms with Gasteiger partial charge in [0.05, 0.1) is 6.61 Å². The summed E-state index contributed by atoms with van der Waals surface area (Å²) in [6.45, 7) is 5.24. The maximum absolute atomic E-state index is 5.61. The molecule has 0 fully saturated rings. The van der Waals surface area contributed by atoms with Crippen LogP contribution in [-0.4, -0.2) is 36.3 Å². The van der Waals surface area contributed by atoms with E-state index in [4.69, 9.17) is 9.47 Å². The average molecular weight is 290 g/mol. The predicted octanol–water partition coefficient (Wildman–Crippen LogP) is 2.08. The minimum atomic E-state index is -0.0503. The number of anilines is 1. The second kappa shape index (κ2) is 6.65. The molecule has 1 N–H and O–H groups in total. The van der Waals surface area contributed by atoms with Gasteiger partial charge in [-0.1, -0.05) is 0 Å². The smallest absolute Gasteiger partial charge is 0.233 e. The highest BCUT2D eigenvalue weighted by atomic mass is 79.9. The maximum Gasteiger partial charge on any atom is 0.233 e. The average Bonchev–Trinajstić information content (AvgIpc) is 2.24. The van der Waals surface area contributed by atoms with Crippen LogP contribution < -0.4 is 10.1 Å². The van der Waals surface area contributed by atoms with Crippen molar-refractivity contribution in [3.8, 4) is 5.88 Å². The molecule has 0 radical (unpaired) electrons. The molecule has 1 aromatic heterocycles. The lowest BCUT2D eigenvalue weighted by Gasteiger charge is -2.15. The van der Waals surface area contributed by atoms with Gasteiger partial charge in [0.2, 0.25) is 5.88 Å². The number of nitrogens with one attached hydrogen (secondary N) is 1. The molecule has 0 saturated heterocycles. The highest BCUT2D eigenvalue weighted by molar-refractivity contribution is 9.10. The molecule has 0 aliphatic heterocycles. The Balaban J connectivity index is 2.76. The summed E-state index contributed by atoms with van der Waals surface area (Å²) in [5.74, 6) is 1.26. The first-order valence-electron chi connectivity index (χ1n) is 5.09. The standard InChI is InChI=1S/C10H16BrN3O2/c1-4-12-9-8(11)10(14-6-13-9)16-7(2)5-15-3/h6-7H,4-5H2,1-3H3,(H,12,13,14). The van der Waals surface area contributed by atoms with Gasteiger partial charge in [-0.3, -0.25) is 0 Å². The zero-order chi connectivity index (χ0) is 12.0. The fourth-order valence-electron chi connectivity index (χ4n) is 1.19. The lowest BCUT2D eigenvalue weighted by molar-refractivity contribution is 0.0883. The molecule has 90 valence electrons. The first-order chi connectivity index (χ1) is 7.69. The van der Waals surface area contributed by atoms with Crippen molar-refractivity contribution in [1.82, 2.24) is 9.97 Å². The molecule has 1 unspecified atom stereocenters. The van der Waals surface area contributed by atoms with Gasteiger partial charge < -0.3 is 14.8 Å². The Morgan fingerprint density at radius 1 is 1.50 bits per heavy atom. The number of nitrogens with zero attached hydrogens (tertiary/aromatic N) is 2. The molecule has 0 aliphatic carbocycles. The second-order valence-corrected chi connectivity index (χ2v) is 4.05. The summed E-state index contributed by atoms with van der Waals surface area (Å²) < 4.78 is 11.3. The van der Waals surface area contributed by atoms with E-state index in [1.165, 1.54) is 6.33 Å². The first-order valence-corrected chi connectivity index (χ1v) is 5.88. The Bertz CT molecular complexity index is 336. The zero-order valence-corrected chi connectivity index (χ0v) is 11.2. The van der Waals surface area contributed by atoms with Gasteiger partial charge in [-0.2, -0.15) is 0 Å². The van der Waals surface area contributed by atoms with Gasteiger partial charge in [-0.05, 0) is 29.8 Å². The summed E-state index contributed by atoms with van der Waals surface area (Å²) >= 11 is 3.41. The fourth-order valence-corrected chi connectivity index (χ4v) is 1.62. The predicted molar refractivity (Wildman–Crippen MR) is 65.9 cm³/mol. The van der Waals surface area contributed by atoms with E-state index in [-0.39, 0.29) is 6.10 Å². The van der Waals surface area contributed by atoms with Crippen LogP contribution in [0.1, 0.15) is 13.8 Å². The lowest BCUT2D eigenvalue weighted by atomic mass is 10.4. The topological polar surface area (TPSA) is 56.3 Å². The van der Waals surface area contributed by atoms with E-state index in [0.29, 0.717) is 12.5 Å². The van der Waals surface area contributed by atoms with Crippen LogP contribution in [0.3, 0.4) is 0 Å². The molecule has 16 heavy (non-hydrogen) atoms. The molecule has 5 nitrogen and oxygen atoms in total. The minimum absolute atomic E-state index is 0.0503. The quantitative estimate of drug-likeness (QED) is 0.869. The minimum Gasteiger partial charge on any atom is -0.471 e. The number of hydrogen-bond acceptors (Lipinski definition) is 5. The van der Waals surface area contributed by atoms with Crippen molar-refractivity contribution in [3.05, 3.63) is 10.8 Å². The Morgan fingerprint density at radius 2 is 2.25 bits per heavy atom. The number of aromatic nitrogens is 2. The molecule has 0 amide bonds. The molecule has 0 bridgehead atoms. The van der Waals surface area contributed by atoms with E-state index in [0.717, 1.165) is 16.8 Å². The van der Waals surface area contributed by atoms with Crippen LogP contribution >= 0.6 is 15.9 Å². The van der Waals surface area contributed by atoms with Crippen LogP contribution in [0.4, 0.5) is 5.82 Å². The Hall–Kier alpha value is -0.880. The van der Waals surface area contributed by atoms with Crippen molar-refractivity contribution in [1.29, 1.82) is 0 Å². The molecule has 0 saturated carbocycles. The van der Waals surface area contributed by atoms with Crippen molar-refractivity contribution >= 4 is 21.7 Å². The van der Waals surface area contributed by atoms with Crippen molar-refractivity contribution in [2.45, 2.75) is 20.0 Å². The second-order valence-electron chi connectivity index (χ2n) is 3.26. The third-order valence-corrected chi connectivity index (χ3v) is 2.53. The molecule has 1 heterocycles. The van der Waals surface area contributed by atoms with E-state index in [2.05, 4.69) is 31.2 Å². The molecule has 6 heteroatoms. The molecular weight excluding hydrogens is 274 g/mol. The Kier molecular flexibility index (Phi) is 5.48. The largest absolute Gasteiger partial charge is 0.471 e. The Morgan fingerprint density at radius 3 is 2.88 bits per heavy atom. The SMILES string of the molecule is CCNc1ncnc(OC(C)COC)c1Br. The van der Waals surface area contributed by atoms with Gasteiger partial charge in [-0.15, -0.1) is 0 Å². The van der Waals surface area contributed by atoms with Crippen molar-refractivity contribution in [3.63, 3.8) is 0 Å². The van der Waals surface area contributed by atoms with Gasteiger partial charge in [0, 0.05) is 13.7 Å². The third-order valence-electron chi connectivity index (χ3n) is 1.82. The van der Waals surface area contributed by atoms with E-state index < -0.39 is 0 Å². The summed E-state index contributed by atoms with van der Waals surface area (Å²) in [6, 6.07) is 0. The van der Waals surface area contributed by atoms with Crippen molar-refractivity contribution in [2.75, 3.05) is 25.6 Å². The first kappa shape index (κ1) is 13.2. The maximum atomic E-state index is 5.61. The summed E-state index contributed by atoms with van der Waals surface area (Å²) in [5.41, 5.74) is 0. The summed E-state index contributed by atoms with van der Waals surface area (Å²) in [4.78, 5) is 8.17. The normalized spacial score (nSPS) is 12.2. The molecule has 1 rings (SSSR count). The van der Waals surface area contributed by atoms with Gasteiger partial charge in [0.25, 0.3) is 0 Å². The lowest BCUT2D eigenvalue weighted by Crippen LogP contribution is -2.19. The van der Waals surface area contributed by atoms with Crippen LogP contribution in [0.15, 0.2) is 10.8 Å². The summed E-state index contributed by atoms with van der Waals surface area (Å²) in [5, 5.41) is 3.11. The van der Waals surface area contributed by atoms with Gasteiger partial charge in [0.1, 0.15) is 22.7 Å². The number of rotatable bonds is 6. The number of halogens is 1. The molecule has 0 aromatic carbocycles. The van der Waals surface area contributed by atoms with Crippen molar-refractivity contribution < 1.29 is 9.47 Å². The van der Waals surface area contributed by atoms with Crippen LogP contribution in [0.25, 0.3) is 0 Å². The third kappa shape index (κ3) is 3.61. The summed E-state index contributed by atoms with van der Waals surface area (Å²) in [6.07, 6.45) is 1.42. The summed E-state index contributed by atoms with van der Waals surface area (Å²) in [7, 11) is 1.64. The molecule has 1 aromatic rings. The fraction of sp³-hybridized carbons (Fsp3) is 0.600. The van der Waals surface area contributed by atoms with E-state index in [1.54, 1.807) is 7.11 Å². The van der Waals surface area contributed by atoms with E-state index in [9.17, 15) is 0 Å². The molecule has 0 aliphatic rings. The number of methoxy groups -OCH3 is 1. The molecule has 1 atom stereocenters. The molecule has 0 spiro atoms. The highest BCUT2D eigenvalue weighted by Crippen LogP contribution is 2.28. The van der Waals surface area contributed by atoms with Gasteiger partial charge in [-0.25, -0.2) is 9.97 Å². The van der Waals surface area contributed by atoms with Crippen LogP contribution in [-0.2, 0) is 4.74 Å². The highest BCUT2D eigenvalue weighted by Gasteiger charge is 2.12. The number of hydrogen-bond donors (Lipinski definition) is 1. The van der Waals surface area contributed by atoms with Crippen LogP contribution in [0.2, 0.25) is 0 Å². The van der Waals surface area contributed by atoms with E-state index >= 15 is 0 Å². The molecular formula is C10H16BrN3O2. The van der Waals surface area contributed by atoms with Crippen LogP contribution in [0.5, 0.6) is 5.88 Å². The van der Waals surface area contributed by atoms with Gasteiger partial charge >= 0.3 is 0 Å². The van der Waals surface area contributed by atoms with Gasteiger partial charge in [0.15, 0.2) is 0 Å². The van der Waals surface area contributed by atoms with Crippen molar-refractivity contribution in [2.24, 2.45) is 0 Å². The van der Waals surface area contributed by atoms with Crippen LogP contribution in [0, 0.1) is 0 Å².